The highest BCUT2D eigenvalue weighted by Crippen LogP contribution is 2.30. The number of nitrogens with zero attached hydrogens (tertiary/aromatic N) is 3. The Morgan fingerprint density at radius 3 is 2.42 bits per heavy atom. The summed E-state index contributed by atoms with van der Waals surface area (Å²) in [6.45, 7) is 2.87. The standard InChI is InChI=1S/C25H21F2N5O4/c1-14-21(25(35)32(31(14)3)16-7-5-4-6-8-16)24(34)30-18-9-10-19(23(27)22(18)26)36-17-11-12-28-20(13-17)29-15(2)33/h4-13H,1-3H3,(H,30,34)(H,28,29,33). The summed E-state index contributed by atoms with van der Waals surface area (Å²) in [6, 6.07) is 13.7. The number of ether oxygens (including phenoxy) is 1. The number of anilines is 2. The molecule has 0 fully saturated rings. The molecular formula is C25H21F2N5O4. The van der Waals surface area contributed by atoms with Gasteiger partial charge in [-0.15, -0.1) is 0 Å². The molecule has 0 saturated heterocycles. The summed E-state index contributed by atoms with van der Waals surface area (Å²) in [6.07, 6.45) is 1.33. The highest BCUT2D eigenvalue weighted by Gasteiger charge is 2.24. The molecule has 4 rings (SSSR count). The molecule has 0 aliphatic carbocycles. The van der Waals surface area contributed by atoms with Gasteiger partial charge in [0.15, 0.2) is 11.6 Å². The Balaban J connectivity index is 1.59. The number of amides is 2. The van der Waals surface area contributed by atoms with Gasteiger partial charge in [0.05, 0.1) is 17.1 Å². The van der Waals surface area contributed by atoms with E-state index in [0.717, 1.165) is 12.1 Å². The van der Waals surface area contributed by atoms with Crippen LogP contribution in [0.2, 0.25) is 0 Å². The minimum absolute atomic E-state index is 0.102. The Hall–Kier alpha value is -4.80. The number of pyridine rings is 1. The number of halogens is 2. The van der Waals surface area contributed by atoms with E-state index in [1.54, 1.807) is 44.3 Å². The van der Waals surface area contributed by atoms with E-state index in [4.69, 9.17) is 4.74 Å². The van der Waals surface area contributed by atoms with Gasteiger partial charge in [0.25, 0.3) is 11.5 Å². The maximum atomic E-state index is 14.8. The van der Waals surface area contributed by atoms with E-state index in [1.165, 1.54) is 34.6 Å². The van der Waals surface area contributed by atoms with Gasteiger partial charge in [0, 0.05) is 26.2 Å². The first kappa shape index (κ1) is 24.3. The second-order valence-corrected chi connectivity index (χ2v) is 7.79. The van der Waals surface area contributed by atoms with Crippen LogP contribution >= 0.6 is 0 Å². The molecule has 0 unspecified atom stereocenters. The van der Waals surface area contributed by atoms with Gasteiger partial charge >= 0.3 is 0 Å². The lowest BCUT2D eigenvalue weighted by Crippen LogP contribution is -2.25. The average Bonchev–Trinajstić information content (AvgIpc) is 3.07. The Bertz CT molecular complexity index is 1530. The Morgan fingerprint density at radius 1 is 1.00 bits per heavy atom. The fourth-order valence-electron chi connectivity index (χ4n) is 3.57. The van der Waals surface area contributed by atoms with Crippen LogP contribution < -0.4 is 20.9 Å². The molecule has 2 aromatic heterocycles. The third-order valence-electron chi connectivity index (χ3n) is 5.34. The summed E-state index contributed by atoms with van der Waals surface area (Å²) in [7, 11) is 1.61. The lowest BCUT2D eigenvalue weighted by molar-refractivity contribution is -0.114. The van der Waals surface area contributed by atoms with Gasteiger partial charge in [-0.25, -0.2) is 14.1 Å². The Morgan fingerprint density at radius 2 is 1.72 bits per heavy atom. The number of aromatic nitrogens is 3. The molecule has 0 atom stereocenters. The minimum atomic E-state index is -1.37. The molecule has 2 heterocycles. The van der Waals surface area contributed by atoms with Crippen molar-refractivity contribution in [1.82, 2.24) is 14.3 Å². The van der Waals surface area contributed by atoms with Crippen molar-refractivity contribution in [3.05, 3.63) is 94.0 Å². The molecule has 36 heavy (non-hydrogen) atoms. The number of nitrogens with one attached hydrogen (secondary N) is 2. The summed E-state index contributed by atoms with van der Waals surface area (Å²) in [5.41, 5.74) is -0.387. The number of rotatable bonds is 6. The number of benzene rings is 2. The number of hydrogen-bond acceptors (Lipinski definition) is 5. The van der Waals surface area contributed by atoms with E-state index >= 15 is 0 Å². The Labute approximate surface area is 203 Å². The summed E-state index contributed by atoms with van der Waals surface area (Å²) in [5.74, 6) is -4.14. The monoisotopic (exact) mass is 493 g/mol. The maximum Gasteiger partial charge on any atom is 0.284 e. The molecule has 2 N–H and O–H groups in total. The molecule has 0 bridgehead atoms. The van der Waals surface area contributed by atoms with Crippen molar-refractivity contribution < 1.29 is 23.1 Å². The largest absolute Gasteiger partial charge is 0.454 e. The molecule has 4 aromatic rings. The van der Waals surface area contributed by atoms with Gasteiger partial charge in [-0.1, -0.05) is 18.2 Å². The van der Waals surface area contributed by atoms with Crippen molar-refractivity contribution in [1.29, 1.82) is 0 Å². The summed E-state index contributed by atoms with van der Waals surface area (Å²) < 4.78 is 37.8. The van der Waals surface area contributed by atoms with Crippen molar-refractivity contribution in [3.8, 4) is 17.2 Å². The first-order valence-electron chi connectivity index (χ1n) is 10.7. The van der Waals surface area contributed by atoms with Crippen LogP contribution in [0.1, 0.15) is 23.0 Å². The third kappa shape index (κ3) is 4.71. The van der Waals surface area contributed by atoms with Crippen LogP contribution in [0.4, 0.5) is 20.3 Å². The molecule has 11 heteroatoms. The van der Waals surface area contributed by atoms with Gasteiger partial charge in [-0.05, 0) is 37.3 Å². The zero-order valence-electron chi connectivity index (χ0n) is 19.5. The zero-order valence-corrected chi connectivity index (χ0v) is 19.5. The molecular weight excluding hydrogens is 472 g/mol. The molecule has 0 saturated carbocycles. The highest BCUT2D eigenvalue weighted by molar-refractivity contribution is 6.05. The van der Waals surface area contributed by atoms with Crippen LogP contribution in [0.15, 0.2) is 65.6 Å². The van der Waals surface area contributed by atoms with E-state index in [2.05, 4.69) is 15.6 Å². The minimum Gasteiger partial charge on any atom is -0.454 e. The van der Waals surface area contributed by atoms with Crippen LogP contribution in [0.5, 0.6) is 11.5 Å². The van der Waals surface area contributed by atoms with Gasteiger partial charge in [-0.2, -0.15) is 4.39 Å². The number of carbonyl (C=O) groups is 2. The molecule has 0 radical (unpaired) electrons. The van der Waals surface area contributed by atoms with Crippen molar-refractivity contribution >= 4 is 23.3 Å². The molecule has 2 amide bonds. The van der Waals surface area contributed by atoms with Crippen molar-refractivity contribution in [2.24, 2.45) is 7.05 Å². The first-order valence-corrected chi connectivity index (χ1v) is 10.7. The zero-order chi connectivity index (χ0) is 26.0. The Kier molecular flexibility index (Phi) is 6.64. The average molecular weight is 493 g/mol. The van der Waals surface area contributed by atoms with Gasteiger partial charge in [-0.3, -0.25) is 19.1 Å². The normalized spacial score (nSPS) is 10.7. The predicted octanol–water partition coefficient (Wildman–Crippen LogP) is 4.16. The van der Waals surface area contributed by atoms with Crippen LogP contribution in [0.25, 0.3) is 5.69 Å². The first-order chi connectivity index (χ1) is 17.2. The second-order valence-electron chi connectivity index (χ2n) is 7.79. The topological polar surface area (TPSA) is 107 Å². The van der Waals surface area contributed by atoms with Gasteiger partial charge in [0.2, 0.25) is 11.7 Å². The van der Waals surface area contributed by atoms with Gasteiger partial charge in [0.1, 0.15) is 17.1 Å². The molecule has 0 spiro atoms. The molecule has 0 aliphatic rings. The highest BCUT2D eigenvalue weighted by atomic mass is 19.2. The summed E-state index contributed by atoms with van der Waals surface area (Å²) in [4.78, 5) is 41.0. The summed E-state index contributed by atoms with van der Waals surface area (Å²) in [5, 5.41) is 4.72. The van der Waals surface area contributed by atoms with E-state index in [-0.39, 0.29) is 23.0 Å². The van der Waals surface area contributed by atoms with Crippen molar-refractivity contribution in [3.63, 3.8) is 0 Å². The smallest absolute Gasteiger partial charge is 0.284 e. The SMILES string of the molecule is CC(=O)Nc1cc(Oc2ccc(NC(=O)c3c(C)n(C)n(-c4ccccc4)c3=O)c(F)c2F)ccn1. The van der Waals surface area contributed by atoms with E-state index in [9.17, 15) is 23.2 Å². The van der Waals surface area contributed by atoms with Gasteiger partial charge < -0.3 is 15.4 Å². The number of carbonyl (C=O) groups excluding carboxylic acids is 2. The quantitative estimate of drug-likeness (QED) is 0.420. The van der Waals surface area contributed by atoms with Crippen molar-refractivity contribution in [2.45, 2.75) is 13.8 Å². The lowest BCUT2D eigenvalue weighted by atomic mass is 10.2. The fourth-order valence-corrected chi connectivity index (χ4v) is 3.57. The van der Waals surface area contributed by atoms with E-state index in [0.29, 0.717) is 11.4 Å². The van der Waals surface area contributed by atoms with Crippen LogP contribution in [-0.4, -0.2) is 26.2 Å². The molecule has 2 aromatic carbocycles. The van der Waals surface area contributed by atoms with Crippen molar-refractivity contribution in [2.75, 3.05) is 10.6 Å². The third-order valence-corrected chi connectivity index (χ3v) is 5.34. The maximum absolute atomic E-state index is 14.8. The fraction of sp³-hybridized carbons (Fsp3) is 0.120. The van der Waals surface area contributed by atoms with E-state index in [1.807, 2.05) is 0 Å². The molecule has 184 valence electrons. The lowest BCUT2D eigenvalue weighted by Gasteiger charge is -2.11. The van der Waals surface area contributed by atoms with E-state index < -0.39 is 34.5 Å². The number of para-hydroxylation sites is 1. The molecule has 0 aliphatic heterocycles. The van der Waals surface area contributed by atoms with Crippen LogP contribution in [0, 0.1) is 18.6 Å². The number of hydrogen-bond donors (Lipinski definition) is 2. The van der Waals surface area contributed by atoms with Crippen LogP contribution in [-0.2, 0) is 11.8 Å². The van der Waals surface area contributed by atoms with Crippen LogP contribution in [0.3, 0.4) is 0 Å². The second kappa shape index (κ2) is 9.82. The predicted molar refractivity (Wildman–Crippen MR) is 129 cm³/mol. The molecule has 9 nitrogen and oxygen atoms in total. The summed E-state index contributed by atoms with van der Waals surface area (Å²) >= 11 is 0.